The van der Waals surface area contributed by atoms with E-state index in [0.717, 1.165) is 0 Å². The van der Waals surface area contributed by atoms with Crippen LogP contribution in [0.3, 0.4) is 0 Å². The van der Waals surface area contributed by atoms with E-state index in [1.165, 1.54) is 6.07 Å². The monoisotopic (exact) mass is 210 g/mol. The average Bonchev–Trinajstić information content (AvgIpc) is 2.20. The first kappa shape index (κ1) is 11.3. The lowest BCUT2D eigenvalue weighted by molar-refractivity contribution is 0.100. The molecule has 0 saturated heterocycles. The molecule has 1 amide bonds. The fraction of sp³-hybridized carbons (Fsp3) is 0.300. The molecule has 0 bridgehead atoms. The van der Waals surface area contributed by atoms with Crippen LogP contribution < -0.4 is 16.2 Å². The third-order valence-corrected chi connectivity index (χ3v) is 1.86. The number of primary amides is 1. The first-order chi connectivity index (χ1) is 7.15. The topological polar surface area (TPSA) is 98.6 Å². The molecule has 0 aromatic heterocycles. The van der Waals surface area contributed by atoms with Crippen LogP contribution in [-0.2, 0) is 0 Å². The van der Waals surface area contributed by atoms with Crippen molar-refractivity contribution in [1.82, 2.24) is 0 Å². The lowest BCUT2D eigenvalue weighted by Crippen LogP contribution is -2.13. The smallest absolute Gasteiger partial charge is 0.250 e. The number of aliphatic hydroxyl groups is 1. The Labute approximate surface area is 87.6 Å². The minimum Gasteiger partial charge on any atom is -0.493 e. The quantitative estimate of drug-likeness (QED) is 0.475. The van der Waals surface area contributed by atoms with Crippen LogP contribution in [0.2, 0.25) is 0 Å². The van der Waals surface area contributed by atoms with E-state index in [1.54, 1.807) is 12.1 Å². The highest BCUT2D eigenvalue weighted by Crippen LogP contribution is 2.19. The predicted molar refractivity (Wildman–Crippen MR) is 56.6 cm³/mol. The summed E-state index contributed by atoms with van der Waals surface area (Å²) in [6, 6.07) is 4.71. The van der Waals surface area contributed by atoms with E-state index in [2.05, 4.69) is 0 Å². The molecule has 1 aromatic carbocycles. The van der Waals surface area contributed by atoms with E-state index >= 15 is 0 Å². The van der Waals surface area contributed by atoms with Gasteiger partial charge in [0, 0.05) is 18.7 Å². The summed E-state index contributed by atoms with van der Waals surface area (Å²) < 4.78 is 5.27. The highest BCUT2D eigenvalue weighted by molar-refractivity contribution is 5.98. The van der Waals surface area contributed by atoms with Crippen molar-refractivity contribution >= 4 is 11.6 Å². The van der Waals surface area contributed by atoms with Crippen molar-refractivity contribution in [2.24, 2.45) is 5.73 Å². The van der Waals surface area contributed by atoms with Gasteiger partial charge in [0.2, 0.25) is 0 Å². The van der Waals surface area contributed by atoms with Crippen LogP contribution in [0, 0.1) is 0 Å². The van der Waals surface area contributed by atoms with Crippen molar-refractivity contribution in [3.8, 4) is 5.75 Å². The maximum atomic E-state index is 11.0. The Morgan fingerprint density at radius 2 is 2.20 bits per heavy atom. The molecule has 1 aromatic rings. The fourth-order valence-corrected chi connectivity index (χ4v) is 1.09. The number of benzene rings is 1. The molecule has 5 N–H and O–H groups in total. The highest BCUT2D eigenvalue weighted by atomic mass is 16.5. The molecule has 0 aliphatic carbocycles. The van der Waals surface area contributed by atoms with Gasteiger partial charge in [0.15, 0.2) is 0 Å². The number of hydrogen-bond acceptors (Lipinski definition) is 4. The molecule has 15 heavy (non-hydrogen) atoms. The molecule has 0 saturated carbocycles. The highest BCUT2D eigenvalue weighted by Gasteiger charge is 2.06. The van der Waals surface area contributed by atoms with E-state index in [4.69, 9.17) is 21.3 Å². The van der Waals surface area contributed by atoms with E-state index in [9.17, 15) is 4.79 Å². The Hall–Kier alpha value is -1.75. The zero-order chi connectivity index (χ0) is 11.3. The first-order valence-corrected chi connectivity index (χ1v) is 4.58. The number of nitrogen functional groups attached to an aromatic ring is 1. The molecular weight excluding hydrogens is 196 g/mol. The molecule has 0 spiro atoms. The number of ether oxygens (including phenoxy) is 1. The molecule has 0 heterocycles. The van der Waals surface area contributed by atoms with Gasteiger partial charge in [-0.3, -0.25) is 4.79 Å². The molecule has 0 unspecified atom stereocenters. The van der Waals surface area contributed by atoms with Crippen LogP contribution in [0.5, 0.6) is 5.75 Å². The lowest BCUT2D eigenvalue weighted by Gasteiger charge is -2.07. The number of nitrogens with two attached hydrogens (primary N) is 2. The largest absolute Gasteiger partial charge is 0.493 e. The fourth-order valence-electron chi connectivity index (χ4n) is 1.09. The van der Waals surface area contributed by atoms with Crippen LogP contribution in [0.4, 0.5) is 5.69 Å². The Bertz CT molecular complexity index is 353. The summed E-state index contributed by atoms with van der Waals surface area (Å²) in [6.45, 7) is 0.455. The van der Waals surface area contributed by atoms with Gasteiger partial charge in [0.25, 0.3) is 5.91 Å². The van der Waals surface area contributed by atoms with Gasteiger partial charge in [-0.15, -0.1) is 0 Å². The Morgan fingerprint density at radius 1 is 1.47 bits per heavy atom. The minimum absolute atomic E-state index is 0.0671. The zero-order valence-corrected chi connectivity index (χ0v) is 8.27. The predicted octanol–water partition coefficient (Wildman–Crippen LogP) is 0.129. The van der Waals surface area contributed by atoms with Crippen LogP contribution >= 0.6 is 0 Å². The summed E-state index contributed by atoms with van der Waals surface area (Å²) in [4.78, 5) is 11.0. The number of carbonyl (C=O) groups excluding carboxylic acids is 1. The van der Waals surface area contributed by atoms with Crippen molar-refractivity contribution in [3.05, 3.63) is 23.8 Å². The third-order valence-electron chi connectivity index (χ3n) is 1.86. The van der Waals surface area contributed by atoms with Crippen molar-refractivity contribution < 1.29 is 14.6 Å². The van der Waals surface area contributed by atoms with Crippen molar-refractivity contribution in [3.63, 3.8) is 0 Å². The summed E-state index contributed by atoms with van der Waals surface area (Å²) in [7, 11) is 0. The summed E-state index contributed by atoms with van der Waals surface area (Å²) >= 11 is 0. The number of carbonyl (C=O) groups is 1. The van der Waals surface area contributed by atoms with Gasteiger partial charge in [0.05, 0.1) is 12.2 Å². The second kappa shape index (κ2) is 5.21. The Balaban J connectivity index is 2.74. The molecule has 5 heteroatoms. The summed E-state index contributed by atoms with van der Waals surface area (Å²) in [5, 5.41) is 8.56. The van der Waals surface area contributed by atoms with Gasteiger partial charge >= 0.3 is 0 Å². The van der Waals surface area contributed by atoms with Gasteiger partial charge < -0.3 is 21.3 Å². The lowest BCUT2D eigenvalue weighted by atomic mass is 10.1. The average molecular weight is 210 g/mol. The van der Waals surface area contributed by atoms with Gasteiger partial charge in [-0.05, 0) is 18.2 Å². The van der Waals surface area contributed by atoms with Crippen molar-refractivity contribution in [1.29, 1.82) is 0 Å². The molecule has 1 rings (SSSR count). The number of amides is 1. The normalized spacial score (nSPS) is 9.93. The summed E-state index contributed by atoms with van der Waals surface area (Å²) in [5.74, 6) is -0.0634. The Kier molecular flexibility index (Phi) is 3.93. The standard InChI is InChI=1S/C10H14N2O3/c11-9-3-2-7(15-5-1-4-13)6-8(9)10(12)14/h2-3,6,13H,1,4-5,11H2,(H2,12,14). The molecule has 82 valence electrons. The van der Waals surface area contributed by atoms with Crippen LogP contribution in [0.1, 0.15) is 16.8 Å². The summed E-state index contributed by atoms with van der Waals surface area (Å²) in [6.07, 6.45) is 0.538. The van der Waals surface area contributed by atoms with E-state index < -0.39 is 5.91 Å². The van der Waals surface area contributed by atoms with Crippen LogP contribution in [0.25, 0.3) is 0 Å². The third kappa shape index (κ3) is 3.14. The number of hydrogen-bond donors (Lipinski definition) is 3. The van der Waals surface area contributed by atoms with E-state index in [1.807, 2.05) is 0 Å². The molecular formula is C10H14N2O3. The van der Waals surface area contributed by atoms with Gasteiger partial charge in [0.1, 0.15) is 5.75 Å². The molecule has 0 aliphatic rings. The van der Waals surface area contributed by atoms with Crippen LogP contribution in [-0.4, -0.2) is 24.2 Å². The van der Waals surface area contributed by atoms with E-state index in [-0.39, 0.29) is 12.2 Å². The number of anilines is 1. The molecule has 0 radical (unpaired) electrons. The van der Waals surface area contributed by atoms with Gasteiger partial charge in [-0.1, -0.05) is 0 Å². The van der Waals surface area contributed by atoms with Gasteiger partial charge in [-0.2, -0.15) is 0 Å². The first-order valence-electron chi connectivity index (χ1n) is 4.58. The SMILES string of the molecule is NC(=O)c1cc(OCCCO)ccc1N. The second-order valence-electron chi connectivity index (χ2n) is 3.04. The number of rotatable bonds is 5. The van der Waals surface area contributed by atoms with Crippen LogP contribution in [0.15, 0.2) is 18.2 Å². The molecule has 0 atom stereocenters. The second-order valence-corrected chi connectivity index (χ2v) is 3.04. The zero-order valence-electron chi connectivity index (χ0n) is 8.27. The molecule has 5 nitrogen and oxygen atoms in total. The maximum absolute atomic E-state index is 11.0. The van der Waals surface area contributed by atoms with Crippen molar-refractivity contribution in [2.45, 2.75) is 6.42 Å². The van der Waals surface area contributed by atoms with E-state index in [0.29, 0.717) is 24.5 Å². The summed E-state index contributed by atoms with van der Waals surface area (Å²) in [5.41, 5.74) is 11.2. The minimum atomic E-state index is -0.583. The Morgan fingerprint density at radius 3 is 2.80 bits per heavy atom. The molecule has 0 fully saturated rings. The number of aliphatic hydroxyl groups excluding tert-OH is 1. The molecule has 0 aliphatic heterocycles. The van der Waals surface area contributed by atoms with Gasteiger partial charge in [-0.25, -0.2) is 0 Å². The van der Waals surface area contributed by atoms with Crippen molar-refractivity contribution in [2.75, 3.05) is 18.9 Å². The maximum Gasteiger partial charge on any atom is 0.250 e.